The Balaban J connectivity index is 1.86. The van der Waals surface area contributed by atoms with Crippen LogP contribution in [0, 0.1) is 5.92 Å². The van der Waals surface area contributed by atoms with Gasteiger partial charge in [-0.15, -0.1) is 11.8 Å². The third kappa shape index (κ3) is 4.13. The summed E-state index contributed by atoms with van der Waals surface area (Å²) in [5, 5.41) is 0. The molecule has 0 unspecified atom stereocenters. The van der Waals surface area contributed by atoms with Crippen molar-refractivity contribution in [1.82, 2.24) is 0 Å². The van der Waals surface area contributed by atoms with Gasteiger partial charge in [0.25, 0.3) is 0 Å². The van der Waals surface area contributed by atoms with Crippen molar-refractivity contribution in [2.45, 2.75) is 43.4 Å². The average Bonchev–Trinajstić information content (AvgIpc) is 2.66. The van der Waals surface area contributed by atoms with E-state index in [2.05, 4.69) is 22.0 Å². The molecular formula is C15H19BrOS. The number of benzene rings is 1. The summed E-state index contributed by atoms with van der Waals surface area (Å²) in [6.45, 7) is 0. The van der Waals surface area contributed by atoms with Crippen molar-refractivity contribution in [1.29, 1.82) is 0 Å². The molecule has 0 amide bonds. The fourth-order valence-electron chi connectivity index (χ4n) is 2.43. The van der Waals surface area contributed by atoms with Crippen molar-refractivity contribution in [2.75, 3.05) is 5.75 Å². The van der Waals surface area contributed by atoms with Crippen LogP contribution in [0.1, 0.15) is 38.5 Å². The first-order valence-corrected chi connectivity index (χ1v) is 8.45. The van der Waals surface area contributed by atoms with E-state index in [1.807, 2.05) is 18.2 Å². The lowest BCUT2D eigenvalue weighted by molar-refractivity contribution is -0.120. The van der Waals surface area contributed by atoms with Crippen LogP contribution in [0.3, 0.4) is 0 Å². The van der Waals surface area contributed by atoms with E-state index in [1.54, 1.807) is 11.8 Å². The van der Waals surface area contributed by atoms with E-state index in [4.69, 9.17) is 0 Å². The van der Waals surface area contributed by atoms with Crippen LogP contribution in [0.25, 0.3) is 0 Å². The van der Waals surface area contributed by atoms with Crippen LogP contribution in [-0.2, 0) is 4.79 Å². The quantitative estimate of drug-likeness (QED) is 0.566. The highest BCUT2D eigenvalue weighted by Gasteiger charge is 2.20. The summed E-state index contributed by atoms with van der Waals surface area (Å²) in [4.78, 5) is 13.4. The SMILES string of the molecule is O=C(CSc1ccccc1Br)C1CCCCCC1. The van der Waals surface area contributed by atoms with Gasteiger partial charge in [-0.05, 0) is 40.9 Å². The maximum atomic E-state index is 12.2. The summed E-state index contributed by atoms with van der Waals surface area (Å²) in [5.41, 5.74) is 0. The monoisotopic (exact) mass is 326 g/mol. The molecule has 2 rings (SSSR count). The molecule has 0 N–H and O–H groups in total. The number of carbonyl (C=O) groups excluding carboxylic acids is 1. The third-order valence-corrected chi connectivity index (χ3v) is 5.57. The zero-order valence-electron chi connectivity index (χ0n) is 10.5. The van der Waals surface area contributed by atoms with Crippen molar-refractivity contribution >= 4 is 33.5 Å². The molecule has 98 valence electrons. The summed E-state index contributed by atoms with van der Waals surface area (Å²) in [6, 6.07) is 8.11. The fourth-order valence-corrected chi connectivity index (χ4v) is 3.97. The Labute approximate surface area is 122 Å². The van der Waals surface area contributed by atoms with E-state index in [1.165, 1.54) is 30.6 Å². The molecule has 1 aliphatic rings. The minimum absolute atomic E-state index is 0.322. The number of carbonyl (C=O) groups is 1. The van der Waals surface area contributed by atoms with Crippen LogP contribution in [0.5, 0.6) is 0 Å². The number of thioether (sulfide) groups is 1. The van der Waals surface area contributed by atoms with Gasteiger partial charge in [-0.25, -0.2) is 0 Å². The zero-order valence-corrected chi connectivity index (χ0v) is 12.9. The molecule has 0 saturated heterocycles. The molecular weight excluding hydrogens is 308 g/mol. The van der Waals surface area contributed by atoms with Crippen LogP contribution in [-0.4, -0.2) is 11.5 Å². The van der Waals surface area contributed by atoms with Gasteiger partial charge in [0.1, 0.15) is 5.78 Å². The molecule has 1 aliphatic carbocycles. The summed E-state index contributed by atoms with van der Waals surface area (Å²) >= 11 is 5.18. The zero-order chi connectivity index (χ0) is 12.8. The number of ketones is 1. The largest absolute Gasteiger partial charge is 0.298 e. The van der Waals surface area contributed by atoms with Crippen molar-refractivity contribution in [3.63, 3.8) is 0 Å². The lowest BCUT2D eigenvalue weighted by Crippen LogP contribution is -2.15. The first-order valence-electron chi connectivity index (χ1n) is 6.67. The second kappa shape index (κ2) is 7.34. The highest BCUT2D eigenvalue weighted by atomic mass is 79.9. The minimum atomic E-state index is 0.322. The predicted molar refractivity (Wildman–Crippen MR) is 81.1 cm³/mol. The van der Waals surface area contributed by atoms with Gasteiger partial charge in [0, 0.05) is 15.3 Å². The fraction of sp³-hybridized carbons (Fsp3) is 0.533. The number of hydrogen-bond acceptors (Lipinski definition) is 2. The molecule has 0 atom stereocenters. The molecule has 1 aromatic rings. The highest BCUT2D eigenvalue weighted by Crippen LogP contribution is 2.30. The highest BCUT2D eigenvalue weighted by molar-refractivity contribution is 9.10. The standard InChI is InChI=1S/C15H19BrOS/c16-13-9-5-6-10-15(13)18-11-14(17)12-7-3-1-2-4-8-12/h5-6,9-10,12H,1-4,7-8,11H2. The topological polar surface area (TPSA) is 17.1 Å². The number of halogens is 1. The van der Waals surface area contributed by atoms with Crippen molar-refractivity contribution in [3.8, 4) is 0 Å². The van der Waals surface area contributed by atoms with Gasteiger partial charge in [-0.2, -0.15) is 0 Å². The van der Waals surface area contributed by atoms with Gasteiger partial charge < -0.3 is 0 Å². The van der Waals surface area contributed by atoms with Crippen LogP contribution < -0.4 is 0 Å². The van der Waals surface area contributed by atoms with Crippen LogP contribution in [0.4, 0.5) is 0 Å². The molecule has 0 bridgehead atoms. The molecule has 1 aromatic carbocycles. The Hall–Kier alpha value is -0.280. The third-order valence-electron chi connectivity index (χ3n) is 3.52. The van der Waals surface area contributed by atoms with Gasteiger partial charge in [-0.1, -0.05) is 37.8 Å². The smallest absolute Gasteiger partial charge is 0.146 e. The summed E-state index contributed by atoms with van der Waals surface area (Å²) in [7, 11) is 0. The maximum absolute atomic E-state index is 12.2. The second-order valence-corrected chi connectivity index (χ2v) is 6.75. The molecule has 0 aromatic heterocycles. The normalized spacial score (nSPS) is 17.4. The summed E-state index contributed by atoms with van der Waals surface area (Å²) in [6.07, 6.45) is 7.29. The number of Topliss-reactive ketones (excluding diaryl/α,β-unsaturated/α-hetero) is 1. The summed E-state index contributed by atoms with van der Waals surface area (Å²) < 4.78 is 1.09. The van der Waals surface area contributed by atoms with Gasteiger partial charge >= 0.3 is 0 Å². The van der Waals surface area contributed by atoms with E-state index >= 15 is 0 Å². The Kier molecular flexibility index (Phi) is 5.77. The molecule has 1 saturated carbocycles. The Morgan fingerprint density at radius 3 is 2.50 bits per heavy atom. The first-order chi connectivity index (χ1) is 8.77. The Morgan fingerprint density at radius 2 is 1.83 bits per heavy atom. The molecule has 18 heavy (non-hydrogen) atoms. The Morgan fingerprint density at radius 1 is 1.17 bits per heavy atom. The average molecular weight is 327 g/mol. The van der Waals surface area contributed by atoms with Crippen LogP contribution in [0.15, 0.2) is 33.6 Å². The Bertz CT molecular complexity index is 397. The number of rotatable bonds is 4. The first kappa shape index (κ1) is 14.1. The van der Waals surface area contributed by atoms with Crippen molar-refractivity contribution < 1.29 is 4.79 Å². The van der Waals surface area contributed by atoms with Crippen LogP contribution in [0.2, 0.25) is 0 Å². The van der Waals surface area contributed by atoms with E-state index in [9.17, 15) is 4.79 Å². The van der Waals surface area contributed by atoms with E-state index in [-0.39, 0.29) is 0 Å². The van der Waals surface area contributed by atoms with E-state index in [0.717, 1.165) is 17.3 Å². The molecule has 1 fully saturated rings. The predicted octanol–water partition coefficient (Wildman–Crippen LogP) is 5.08. The molecule has 0 spiro atoms. The lowest BCUT2D eigenvalue weighted by atomic mass is 9.96. The van der Waals surface area contributed by atoms with Gasteiger partial charge in [0.05, 0.1) is 5.75 Å². The molecule has 0 heterocycles. The molecule has 1 nitrogen and oxygen atoms in total. The molecule has 0 radical (unpaired) electrons. The minimum Gasteiger partial charge on any atom is -0.298 e. The lowest BCUT2D eigenvalue weighted by Gasteiger charge is -2.12. The maximum Gasteiger partial charge on any atom is 0.146 e. The van der Waals surface area contributed by atoms with Gasteiger partial charge in [0.15, 0.2) is 0 Å². The van der Waals surface area contributed by atoms with Gasteiger partial charge in [-0.3, -0.25) is 4.79 Å². The van der Waals surface area contributed by atoms with E-state index in [0.29, 0.717) is 17.5 Å². The van der Waals surface area contributed by atoms with Crippen molar-refractivity contribution in [2.24, 2.45) is 5.92 Å². The van der Waals surface area contributed by atoms with Crippen LogP contribution >= 0.6 is 27.7 Å². The second-order valence-electron chi connectivity index (χ2n) is 4.87. The van der Waals surface area contributed by atoms with Crippen molar-refractivity contribution in [3.05, 3.63) is 28.7 Å². The summed E-state index contributed by atoms with van der Waals surface area (Å²) in [5.74, 6) is 1.38. The van der Waals surface area contributed by atoms with E-state index < -0.39 is 0 Å². The molecule has 0 aliphatic heterocycles. The van der Waals surface area contributed by atoms with Gasteiger partial charge in [0.2, 0.25) is 0 Å². The molecule has 3 heteroatoms. The number of hydrogen-bond donors (Lipinski definition) is 0.